The van der Waals surface area contributed by atoms with Crippen molar-refractivity contribution in [2.45, 2.75) is 38.5 Å². The maximum atomic E-state index is 12.8. The fraction of sp³-hybridized carbons (Fsp3) is 0.381. The van der Waals surface area contributed by atoms with Gasteiger partial charge in [-0.15, -0.1) is 0 Å². The number of fused-ring (bicyclic) bond motifs is 1. The van der Waals surface area contributed by atoms with Gasteiger partial charge in [0.25, 0.3) is 0 Å². The number of aryl methyl sites for hydroxylation is 1. The third-order valence-corrected chi connectivity index (χ3v) is 5.93. The van der Waals surface area contributed by atoms with Crippen molar-refractivity contribution >= 4 is 17.5 Å². The van der Waals surface area contributed by atoms with Gasteiger partial charge in [0, 0.05) is 11.6 Å². The van der Waals surface area contributed by atoms with Crippen molar-refractivity contribution in [2.75, 3.05) is 13.1 Å². The Kier molecular flexibility index (Phi) is 5.26. The molecule has 0 fully saturated rings. The van der Waals surface area contributed by atoms with Gasteiger partial charge in [0.05, 0.1) is 0 Å². The second-order valence-electron chi connectivity index (χ2n) is 6.80. The van der Waals surface area contributed by atoms with E-state index in [0.29, 0.717) is 6.54 Å². The second-order valence-corrected chi connectivity index (χ2v) is 7.18. The quantitative estimate of drug-likeness (QED) is 0.772. The van der Waals surface area contributed by atoms with E-state index in [2.05, 4.69) is 25.2 Å². The largest absolute Gasteiger partial charge is 0.508 e. The standard InChI is InChI=1S/C21H25ClN2O2/c1-3-13-11-18-17(19(22)16(13)4-2)9-10-24-12-21(18,20(23)26)14-5-7-15(25)8-6-14/h5-8,11,24-25H,3-4,9-10,12H2,1-2H3,(H2,23,26). The first kappa shape index (κ1) is 18.7. The molecule has 4 nitrogen and oxygen atoms in total. The van der Waals surface area contributed by atoms with Crippen LogP contribution in [0.4, 0.5) is 0 Å². The highest BCUT2D eigenvalue weighted by Crippen LogP contribution is 2.41. The molecule has 0 radical (unpaired) electrons. The molecule has 0 bridgehead atoms. The van der Waals surface area contributed by atoms with Crippen LogP contribution in [0.25, 0.3) is 0 Å². The molecule has 1 aliphatic heterocycles. The second kappa shape index (κ2) is 7.29. The predicted octanol–water partition coefficient (Wildman–Crippen LogP) is 3.09. The van der Waals surface area contributed by atoms with Crippen LogP contribution < -0.4 is 11.1 Å². The maximum Gasteiger partial charge on any atom is 0.233 e. The van der Waals surface area contributed by atoms with Gasteiger partial charge in [-0.3, -0.25) is 4.79 Å². The average Bonchev–Trinajstić information content (AvgIpc) is 2.83. The first-order valence-corrected chi connectivity index (χ1v) is 9.47. The molecular formula is C21H25ClN2O2. The SMILES string of the molecule is CCc1cc2c(c(Cl)c1CC)CCNCC2(C(N)=O)c1ccc(O)cc1. The summed E-state index contributed by atoms with van der Waals surface area (Å²) in [5.74, 6) is -0.259. The number of hydrogen-bond acceptors (Lipinski definition) is 3. The number of amides is 1. The van der Waals surface area contributed by atoms with Crippen molar-refractivity contribution in [3.05, 3.63) is 63.2 Å². The summed E-state index contributed by atoms with van der Waals surface area (Å²) >= 11 is 6.81. The molecule has 1 amide bonds. The minimum Gasteiger partial charge on any atom is -0.508 e. The van der Waals surface area contributed by atoms with Gasteiger partial charge in [0.15, 0.2) is 0 Å². The average molecular weight is 373 g/mol. The molecule has 1 atom stereocenters. The van der Waals surface area contributed by atoms with Crippen LogP contribution in [0.15, 0.2) is 30.3 Å². The lowest BCUT2D eigenvalue weighted by atomic mass is 9.71. The number of carbonyl (C=O) groups is 1. The van der Waals surface area contributed by atoms with Gasteiger partial charge >= 0.3 is 0 Å². The van der Waals surface area contributed by atoms with Crippen LogP contribution in [0.1, 0.15) is 41.7 Å². The summed E-state index contributed by atoms with van der Waals surface area (Å²) in [6, 6.07) is 8.83. The zero-order chi connectivity index (χ0) is 18.9. The van der Waals surface area contributed by atoms with Gasteiger partial charge in [-0.05, 0) is 65.8 Å². The molecule has 0 saturated heterocycles. The van der Waals surface area contributed by atoms with E-state index in [1.807, 2.05) is 0 Å². The van der Waals surface area contributed by atoms with Crippen LogP contribution in [0.2, 0.25) is 5.02 Å². The van der Waals surface area contributed by atoms with Gasteiger partial charge in [0.2, 0.25) is 5.91 Å². The minimum atomic E-state index is -1.01. The normalized spacial score (nSPS) is 19.7. The number of nitrogens with one attached hydrogen (secondary N) is 1. The topological polar surface area (TPSA) is 75.3 Å². The van der Waals surface area contributed by atoms with Crippen LogP contribution in [0.3, 0.4) is 0 Å². The molecule has 26 heavy (non-hydrogen) atoms. The number of primary amides is 1. The third kappa shape index (κ3) is 2.87. The number of halogens is 1. The molecule has 0 aliphatic carbocycles. The number of rotatable bonds is 4. The van der Waals surface area contributed by atoms with Gasteiger partial charge in [-0.2, -0.15) is 0 Å². The van der Waals surface area contributed by atoms with E-state index in [4.69, 9.17) is 17.3 Å². The zero-order valence-corrected chi connectivity index (χ0v) is 16.0. The molecule has 138 valence electrons. The Morgan fingerprint density at radius 2 is 1.96 bits per heavy atom. The Morgan fingerprint density at radius 1 is 1.27 bits per heavy atom. The third-order valence-electron chi connectivity index (χ3n) is 5.48. The first-order valence-electron chi connectivity index (χ1n) is 9.09. The minimum absolute atomic E-state index is 0.156. The number of hydrogen-bond donors (Lipinski definition) is 3. The van der Waals surface area contributed by atoms with Crippen molar-refractivity contribution < 1.29 is 9.90 Å². The fourth-order valence-corrected chi connectivity index (χ4v) is 4.51. The molecule has 5 heteroatoms. The summed E-state index contributed by atoms with van der Waals surface area (Å²) in [5.41, 5.74) is 9.93. The Labute approximate surface area is 159 Å². The molecule has 4 N–H and O–H groups in total. The van der Waals surface area contributed by atoms with Crippen LogP contribution in [-0.2, 0) is 29.5 Å². The molecule has 0 saturated carbocycles. The Hall–Kier alpha value is -2.04. The van der Waals surface area contributed by atoms with E-state index in [1.54, 1.807) is 24.3 Å². The molecule has 1 aliphatic rings. The summed E-state index contributed by atoms with van der Waals surface area (Å²) in [5, 5.41) is 13.8. The number of benzene rings is 2. The fourth-order valence-electron chi connectivity index (χ4n) is 4.06. The molecule has 0 spiro atoms. The molecule has 0 aromatic heterocycles. The Balaban J connectivity index is 2.36. The number of phenolic OH excluding ortho intramolecular Hbond substituents is 1. The van der Waals surface area contributed by atoms with E-state index in [9.17, 15) is 9.90 Å². The van der Waals surface area contributed by atoms with Gasteiger partial charge in [-0.1, -0.05) is 43.6 Å². The Bertz CT molecular complexity index is 833. The van der Waals surface area contributed by atoms with Crippen molar-refractivity contribution in [1.29, 1.82) is 0 Å². The van der Waals surface area contributed by atoms with Crippen LogP contribution in [0.5, 0.6) is 5.75 Å². The van der Waals surface area contributed by atoms with Crippen LogP contribution >= 0.6 is 11.6 Å². The summed E-state index contributed by atoms with van der Waals surface area (Å²) in [6.45, 7) is 5.33. The molecule has 1 unspecified atom stereocenters. The molecular weight excluding hydrogens is 348 g/mol. The Morgan fingerprint density at radius 3 is 2.54 bits per heavy atom. The maximum absolute atomic E-state index is 12.8. The smallest absolute Gasteiger partial charge is 0.233 e. The summed E-state index contributed by atoms with van der Waals surface area (Å²) in [4.78, 5) is 12.8. The van der Waals surface area contributed by atoms with Gasteiger partial charge < -0.3 is 16.2 Å². The molecule has 2 aromatic carbocycles. The van der Waals surface area contributed by atoms with Crippen molar-refractivity contribution in [3.8, 4) is 5.75 Å². The number of aromatic hydroxyl groups is 1. The van der Waals surface area contributed by atoms with Crippen molar-refractivity contribution in [3.63, 3.8) is 0 Å². The first-order chi connectivity index (χ1) is 12.5. The zero-order valence-electron chi connectivity index (χ0n) is 15.2. The highest BCUT2D eigenvalue weighted by Gasteiger charge is 2.44. The number of phenols is 1. The molecule has 2 aromatic rings. The van der Waals surface area contributed by atoms with Crippen LogP contribution in [-0.4, -0.2) is 24.1 Å². The van der Waals surface area contributed by atoms with Gasteiger partial charge in [0.1, 0.15) is 11.2 Å². The van der Waals surface area contributed by atoms with E-state index < -0.39 is 11.3 Å². The van der Waals surface area contributed by atoms with Crippen LogP contribution in [0, 0.1) is 0 Å². The lowest BCUT2D eigenvalue weighted by Crippen LogP contribution is -2.49. The molecule has 3 rings (SSSR count). The van der Waals surface area contributed by atoms with E-state index >= 15 is 0 Å². The number of nitrogens with two attached hydrogens (primary N) is 1. The molecule has 1 heterocycles. The van der Waals surface area contributed by atoms with E-state index in [-0.39, 0.29) is 5.75 Å². The van der Waals surface area contributed by atoms with E-state index in [0.717, 1.165) is 58.6 Å². The van der Waals surface area contributed by atoms with Gasteiger partial charge in [-0.25, -0.2) is 0 Å². The summed E-state index contributed by atoms with van der Waals surface area (Å²) < 4.78 is 0. The highest BCUT2D eigenvalue weighted by molar-refractivity contribution is 6.32. The summed E-state index contributed by atoms with van der Waals surface area (Å²) in [7, 11) is 0. The van der Waals surface area contributed by atoms with Crippen molar-refractivity contribution in [2.24, 2.45) is 5.73 Å². The van der Waals surface area contributed by atoms with Crippen molar-refractivity contribution in [1.82, 2.24) is 5.32 Å². The predicted molar refractivity (Wildman–Crippen MR) is 105 cm³/mol. The highest BCUT2D eigenvalue weighted by atomic mass is 35.5. The van der Waals surface area contributed by atoms with E-state index in [1.165, 1.54) is 0 Å². The monoisotopic (exact) mass is 372 g/mol. The summed E-state index contributed by atoms with van der Waals surface area (Å²) in [6.07, 6.45) is 2.44. The lowest BCUT2D eigenvalue weighted by Gasteiger charge is -2.33. The lowest BCUT2D eigenvalue weighted by molar-refractivity contribution is -0.122. The number of carbonyl (C=O) groups excluding carboxylic acids is 1.